The van der Waals surface area contributed by atoms with E-state index in [0.29, 0.717) is 27.7 Å². The number of hydrogen-bond donors (Lipinski definition) is 2. The number of hydrogen-bond acceptors (Lipinski definition) is 5. The highest BCUT2D eigenvalue weighted by atomic mass is 35.5. The maximum atomic E-state index is 14.4. The van der Waals surface area contributed by atoms with E-state index in [0.717, 1.165) is 6.07 Å². The summed E-state index contributed by atoms with van der Waals surface area (Å²) in [6.45, 7) is 1.06. The molecule has 0 saturated carbocycles. The number of fused-ring (bicyclic) bond motifs is 1. The van der Waals surface area contributed by atoms with Crippen molar-refractivity contribution in [3.8, 4) is 6.07 Å². The van der Waals surface area contributed by atoms with Gasteiger partial charge in [-0.1, -0.05) is 11.6 Å². The molecule has 0 aliphatic heterocycles. The van der Waals surface area contributed by atoms with Gasteiger partial charge in [-0.15, -0.1) is 9.12 Å². The lowest BCUT2D eigenvalue weighted by atomic mass is 10.2. The summed E-state index contributed by atoms with van der Waals surface area (Å²) in [6, 6.07) is 12.0. The molecule has 1 unspecified atom stereocenters. The molecular weight excluding hydrogens is 513 g/mol. The Hall–Kier alpha value is -3.77. The average molecular weight is 531 g/mol. The molecule has 0 spiro atoms. The fraction of sp³-hybridized carbons (Fsp3) is 0.125. The van der Waals surface area contributed by atoms with Crippen molar-refractivity contribution in [2.45, 2.75) is 13.5 Å². The van der Waals surface area contributed by atoms with Crippen LogP contribution in [0.3, 0.4) is 0 Å². The zero-order chi connectivity index (χ0) is 26.2. The zero-order valence-electron chi connectivity index (χ0n) is 18.9. The first-order valence-electron chi connectivity index (χ1n) is 10.4. The first-order chi connectivity index (χ1) is 17.1. The van der Waals surface area contributed by atoms with Gasteiger partial charge < -0.3 is 20.0 Å². The molecule has 0 aliphatic carbocycles. The van der Waals surface area contributed by atoms with E-state index in [4.69, 9.17) is 16.1 Å². The maximum absolute atomic E-state index is 14.4. The molecule has 2 aromatic heterocycles. The van der Waals surface area contributed by atoms with Gasteiger partial charge in [0.15, 0.2) is 6.20 Å². The molecular formula is C24H18ClF2N4O4P. The minimum Gasteiger partial charge on any atom is -0.617 e. The molecule has 2 aromatic carbocycles. The molecule has 0 saturated heterocycles. The third-order valence-corrected chi connectivity index (χ3v) is 8.30. The molecule has 4 aromatic rings. The Morgan fingerprint density at radius 2 is 2.03 bits per heavy atom. The predicted octanol–water partition coefficient (Wildman–Crippen LogP) is 3.72. The van der Waals surface area contributed by atoms with Gasteiger partial charge >= 0.3 is 5.95 Å². The van der Waals surface area contributed by atoms with Crippen LogP contribution in [0.2, 0.25) is 5.02 Å². The van der Waals surface area contributed by atoms with Gasteiger partial charge in [-0.25, -0.2) is 4.39 Å². The Bertz CT molecular complexity index is 1620. The highest BCUT2D eigenvalue weighted by Crippen LogP contribution is 2.47. The van der Waals surface area contributed by atoms with Crippen molar-refractivity contribution in [3.63, 3.8) is 0 Å². The number of benzene rings is 2. The van der Waals surface area contributed by atoms with Crippen LogP contribution < -0.4 is 20.7 Å². The summed E-state index contributed by atoms with van der Waals surface area (Å²) < 4.78 is 48.0. The van der Waals surface area contributed by atoms with Crippen molar-refractivity contribution in [3.05, 3.63) is 93.0 Å². The Morgan fingerprint density at radius 1 is 1.28 bits per heavy atom. The Kier molecular flexibility index (Phi) is 6.83. The number of aromatic amines is 1. The molecule has 0 fully saturated rings. The van der Waals surface area contributed by atoms with Gasteiger partial charge in [0.2, 0.25) is 0 Å². The lowest BCUT2D eigenvalue weighted by molar-refractivity contribution is -0.638. The van der Waals surface area contributed by atoms with E-state index in [1.165, 1.54) is 19.2 Å². The number of nitrogens with zero attached hydrogens (tertiary/aromatic N) is 2. The standard InChI is InChI=1S/C24H18ClF2N4O4P/c1-13-7-14(11-28)9-16(8-13)36(34,35-2)22-17-10-15(25)3-4-20(17)30-21(22)24(32)29-12-18-19(26)5-6-31(33)23(18)27/h3-10,30H,12H2,1-2H3,(H,29,32). The topological polar surface area (TPSA) is 122 Å². The number of aromatic nitrogens is 2. The quantitative estimate of drug-likeness (QED) is 0.170. The second-order valence-corrected chi connectivity index (χ2v) is 10.8. The SMILES string of the molecule is COP(=O)(c1cc(C)cc(C#N)c1)c1c(C(=O)NCc2c(F)cc[n+]([O-])c2F)[nH]c2ccc(Cl)cc12. The number of nitrogens with one attached hydrogen (secondary N) is 2. The Morgan fingerprint density at radius 3 is 2.72 bits per heavy atom. The van der Waals surface area contributed by atoms with Crippen LogP contribution >= 0.6 is 19.0 Å². The number of carbonyl (C=O) groups is 1. The van der Waals surface area contributed by atoms with Gasteiger partial charge in [0, 0.05) is 34.4 Å². The molecule has 1 atom stereocenters. The van der Waals surface area contributed by atoms with Crippen molar-refractivity contribution in [1.82, 2.24) is 10.3 Å². The van der Waals surface area contributed by atoms with E-state index in [9.17, 15) is 28.6 Å². The fourth-order valence-corrected chi connectivity index (χ4v) is 6.35. The van der Waals surface area contributed by atoms with Gasteiger partial charge in [0.1, 0.15) is 17.1 Å². The largest absolute Gasteiger partial charge is 0.617 e. The Labute approximate surface area is 209 Å². The number of halogens is 3. The van der Waals surface area contributed by atoms with E-state index < -0.39 is 37.1 Å². The number of aryl methyl sites for hydroxylation is 1. The molecule has 0 bridgehead atoms. The van der Waals surface area contributed by atoms with Crippen LogP contribution in [0.4, 0.5) is 8.78 Å². The molecule has 12 heteroatoms. The first-order valence-corrected chi connectivity index (χ1v) is 12.4. The second kappa shape index (κ2) is 9.70. The second-order valence-electron chi connectivity index (χ2n) is 7.88. The molecule has 2 heterocycles. The number of pyridine rings is 1. The van der Waals surface area contributed by atoms with Gasteiger partial charge in [-0.3, -0.25) is 9.36 Å². The van der Waals surface area contributed by atoms with Crippen LogP contribution in [0.5, 0.6) is 0 Å². The fourth-order valence-electron chi connectivity index (χ4n) is 3.89. The van der Waals surface area contributed by atoms with Crippen LogP contribution in [0.15, 0.2) is 48.7 Å². The van der Waals surface area contributed by atoms with E-state index in [1.54, 1.807) is 31.2 Å². The smallest absolute Gasteiger partial charge is 0.378 e. The van der Waals surface area contributed by atoms with Crippen molar-refractivity contribution in [1.29, 1.82) is 5.26 Å². The summed E-state index contributed by atoms with van der Waals surface area (Å²) >= 11 is 6.18. The van der Waals surface area contributed by atoms with Crippen LogP contribution in [0.25, 0.3) is 10.9 Å². The summed E-state index contributed by atoms with van der Waals surface area (Å²) in [5.74, 6) is -3.27. The number of H-pyrrole nitrogens is 1. The highest BCUT2D eigenvalue weighted by molar-refractivity contribution is 7.75. The van der Waals surface area contributed by atoms with E-state index in [2.05, 4.69) is 10.3 Å². The van der Waals surface area contributed by atoms with Crippen molar-refractivity contribution < 1.29 is 27.4 Å². The predicted molar refractivity (Wildman–Crippen MR) is 130 cm³/mol. The van der Waals surface area contributed by atoms with Crippen molar-refractivity contribution in [2.75, 3.05) is 7.11 Å². The molecule has 8 nitrogen and oxygen atoms in total. The lowest BCUT2D eigenvalue weighted by Gasteiger charge is -2.19. The van der Waals surface area contributed by atoms with Gasteiger partial charge in [-0.05, 0) is 48.9 Å². The number of nitriles is 1. The van der Waals surface area contributed by atoms with Crippen LogP contribution in [-0.2, 0) is 15.6 Å². The molecule has 0 radical (unpaired) electrons. The van der Waals surface area contributed by atoms with E-state index in [-0.39, 0.29) is 26.6 Å². The summed E-state index contributed by atoms with van der Waals surface area (Å²) in [7, 11) is -2.80. The minimum atomic E-state index is -4.01. The number of amides is 1. The third-order valence-electron chi connectivity index (χ3n) is 5.56. The maximum Gasteiger partial charge on any atom is 0.378 e. The molecule has 2 N–H and O–H groups in total. The van der Waals surface area contributed by atoms with Gasteiger partial charge in [-0.2, -0.15) is 5.26 Å². The molecule has 1 amide bonds. The third kappa shape index (κ3) is 4.44. The van der Waals surface area contributed by atoms with E-state index in [1.807, 2.05) is 6.07 Å². The number of rotatable bonds is 6. The number of carbonyl (C=O) groups excluding carboxylic acids is 1. The minimum absolute atomic E-state index is 0.0256. The van der Waals surface area contributed by atoms with Crippen molar-refractivity contribution in [2.24, 2.45) is 0 Å². The molecule has 4 rings (SSSR count). The molecule has 36 heavy (non-hydrogen) atoms. The van der Waals surface area contributed by atoms with Gasteiger partial charge in [0.25, 0.3) is 13.3 Å². The summed E-state index contributed by atoms with van der Waals surface area (Å²) in [5.41, 5.74) is 0.454. The lowest BCUT2D eigenvalue weighted by Crippen LogP contribution is -2.35. The summed E-state index contributed by atoms with van der Waals surface area (Å²) in [5, 5.41) is 24.0. The van der Waals surface area contributed by atoms with E-state index >= 15 is 0 Å². The van der Waals surface area contributed by atoms with Crippen molar-refractivity contribution >= 4 is 46.4 Å². The van der Waals surface area contributed by atoms with Crippen LogP contribution in [-0.4, -0.2) is 18.0 Å². The monoisotopic (exact) mass is 530 g/mol. The molecule has 184 valence electrons. The zero-order valence-corrected chi connectivity index (χ0v) is 20.6. The van der Waals surface area contributed by atoms with Gasteiger partial charge in [0.05, 0.1) is 23.5 Å². The normalized spacial score (nSPS) is 12.8. The van der Waals surface area contributed by atoms with Crippen LogP contribution in [0, 0.1) is 35.2 Å². The Balaban J connectivity index is 1.87. The molecule has 0 aliphatic rings. The summed E-state index contributed by atoms with van der Waals surface area (Å²) in [4.78, 5) is 16.1. The van der Waals surface area contributed by atoms with Crippen LogP contribution in [0.1, 0.15) is 27.2 Å². The summed E-state index contributed by atoms with van der Waals surface area (Å²) in [6.07, 6.45) is 0.668. The highest BCUT2D eigenvalue weighted by Gasteiger charge is 2.36. The average Bonchev–Trinajstić information content (AvgIpc) is 3.24. The first kappa shape index (κ1) is 25.3.